The molecule has 0 saturated heterocycles. The van der Waals surface area contributed by atoms with Crippen molar-refractivity contribution in [2.75, 3.05) is 0 Å². The van der Waals surface area contributed by atoms with Crippen LogP contribution in [0.15, 0.2) is 34.2 Å². The number of nitrogens with two attached hydrogens (primary N) is 1. The van der Waals surface area contributed by atoms with Crippen LogP contribution in [0.2, 0.25) is 0 Å². The largest absolute Gasteiger partial charge is 0.411 e. The Bertz CT molecular complexity index is 766. The van der Waals surface area contributed by atoms with Gasteiger partial charge in [-0.1, -0.05) is 11.8 Å². The van der Waals surface area contributed by atoms with Crippen LogP contribution in [0.1, 0.15) is 6.92 Å². The fourth-order valence-electron chi connectivity index (χ4n) is 1.65. The molecule has 0 aliphatic rings. The average Bonchev–Trinajstić information content (AvgIpc) is 3.05. The van der Waals surface area contributed by atoms with E-state index in [4.69, 9.17) is 10.2 Å². The zero-order valence-electron chi connectivity index (χ0n) is 10.5. The van der Waals surface area contributed by atoms with E-state index in [1.807, 2.05) is 18.2 Å². The summed E-state index contributed by atoms with van der Waals surface area (Å²) in [5, 5.41) is 7.76. The van der Waals surface area contributed by atoms with Gasteiger partial charge in [0.15, 0.2) is 0 Å². The lowest BCUT2D eigenvalue weighted by Crippen LogP contribution is -2.22. The molecular formula is C12H11N5O2S. The van der Waals surface area contributed by atoms with Crippen molar-refractivity contribution in [1.82, 2.24) is 20.2 Å². The Hall–Kier alpha value is -2.35. The number of aromatic nitrogens is 4. The minimum absolute atomic E-state index is 0.316. The average molecular weight is 289 g/mol. The predicted molar refractivity (Wildman–Crippen MR) is 73.9 cm³/mol. The molecule has 0 fully saturated rings. The van der Waals surface area contributed by atoms with E-state index in [1.54, 1.807) is 13.3 Å². The number of aromatic amines is 1. The first-order valence-corrected chi connectivity index (χ1v) is 6.74. The highest BCUT2D eigenvalue weighted by Crippen LogP contribution is 2.27. The third kappa shape index (κ3) is 2.37. The maximum Gasteiger partial charge on any atom is 0.277 e. The Kier molecular flexibility index (Phi) is 3.15. The van der Waals surface area contributed by atoms with Crippen molar-refractivity contribution in [3.05, 3.63) is 24.5 Å². The number of rotatable bonds is 4. The summed E-state index contributed by atoms with van der Waals surface area (Å²) >= 11 is 1.14. The van der Waals surface area contributed by atoms with Crippen LogP contribution in [-0.2, 0) is 4.79 Å². The van der Waals surface area contributed by atoms with E-state index in [0.717, 1.165) is 28.4 Å². The molecule has 1 amide bonds. The van der Waals surface area contributed by atoms with Crippen molar-refractivity contribution in [2.45, 2.75) is 17.4 Å². The van der Waals surface area contributed by atoms with Gasteiger partial charge in [-0.05, 0) is 25.1 Å². The molecule has 2 heterocycles. The molecule has 0 radical (unpaired) electrons. The summed E-state index contributed by atoms with van der Waals surface area (Å²) in [6, 6.07) is 5.59. The first-order chi connectivity index (χ1) is 9.63. The SMILES string of the molecule is C[C@H](Sc1nnc(-c2ccc3nc[nH]c3c2)o1)C(N)=O. The van der Waals surface area contributed by atoms with Gasteiger partial charge >= 0.3 is 0 Å². The molecule has 1 atom stereocenters. The second-order valence-corrected chi connectivity index (χ2v) is 5.46. The summed E-state index contributed by atoms with van der Waals surface area (Å²) in [7, 11) is 0. The Morgan fingerprint density at radius 3 is 3.10 bits per heavy atom. The molecule has 8 heteroatoms. The highest BCUT2D eigenvalue weighted by Gasteiger charge is 2.16. The Morgan fingerprint density at radius 1 is 1.45 bits per heavy atom. The number of carbonyl (C=O) groups is 1. The van der Waals surface area contributed by atoms with E-state index in [1.165, 1.54) is 0 Å². The number of carbonyl (C=O) groups excluding carboxylic acids is 1. The van der Waals surface area contributed by atoms with Crippen LogP contribution in [0.4, 0.5) is 0 Å². The molecule has 3 rings (SSSR count). The van der Waals surface area contributed by atoms with Gasteiger partial charge in [0.25, 0.3) is 5.22 Å². The van der Waals surface area contributed by atoms with Gasteiger partial charge in [-0.25, -0.2) is 4.98 Å². The lowest BCUT2D eigenvalue weighted by Gasteiger charge is -2.01. The zero-order chi connectivity index (χ0) is 14.1. The van der Waals surface area contributed by atoms with Crippen LogP contribution in [-0.4, -0.2) is 31.3 Å². The molecule has 3 N–H and O–H groups in total. The van der Waals surface area contributed by atoms with E-state index in [2.05, 4.69) is 20.2 Å². The molecule has 102 valence electrons. The quantitative estimate of drug-likeness (QED) is 0.705. The van der Waals surface area contributed by atoms with Crippen molar-refractivity contribution >= 4 is 28.7 Å². The van der Waals surface area contributed by atoms with Crippen LogP contribution in [0.3, 0.4) is 0 Å². The number of nitrogens with zero attached hydrogens (tertiary/aromatic N) is 3. The predicted octanol–water partition coefficient (Wildman–Crippen LogP) is 1.58. The highest BCUT2D eigenvalue weighted by molar-refractivity contribution is 8.00. The highest BCUT2D eigenvalue weighted by atomic mass is 32.2. The third-order valence-electron chi connectivity index (χ3n) is 2.75. The molecule has 20 heavy (non-hydrogen) atoms. The van der Waals surface area contributed by atoms with Crippen molar-refractivity contribution in [2.24, 2.45) is 5.73 Å². The summed E-state index contributed by atoms with van der Waals surface area (Å²) < 4.78 is 5.51. The van der Waals surface area contributed by atoms with Crippen molar-refractivity contribution in [3.63, 3.8) is 0 Å². The van der Waals surface area contributed by atoms with Crippen LogP contribution in [0.25, 0.3) is 22.5 Å². The first-order valence-electron chi connectivity index (χ1n) is 5.86. The van der Waals surface area contributed by atoms with Crippen LogP contribution in [0, 0.1) is 0 Å². The normalized spacial score (nSPS) is 12.7. The molecule has 0 unspecified atom stereocenters. The third-order valence-corrected chi connectivity index (χ3v) is 3.70. The number of imidazole rings is 1. The zero-order valence-corrected chi connectivity index (χ0v) is 11.3. The fraction of sp³-hybridized carbons (Fsp3) is 0.167. The van der Waals surface area contributed by atoms with Gasteiger partial charge in [-0.3, -0.25) is 4.79 Å². The van der Waals surface area contributed by atoms with Gasteiger partial charge in [-0.2, -0.15) is 0 Å². The number of hydrogen-bond donors (Lipinski definition) is 2. The van der Waals surface area contributed by atoms with E-state index in [9.17, 15) is 4.79 Å². The van der Waals surface area contributed by atoms with Crippen LogP contribution < -0.4 is 5.73 Å². The van der Waals surface area contributed by atoms with Crippen molar-refractivity contribution in [3.8, 4) is 11.5 Å². The number of nitrogens with one attached hydrogen (secondary N) is 1. The number of fused-ring (bicyclic) bond motifs is 1. The maximum absolute atomic E-state index is 11.0. The Labute approximate surface area is 118 Å². The molecule has 0 spiro atoms. The summed E-state index contributed by atoms with van der Waals surface area (Å²) in [4.78, 5) is 18.2. The summed E-state index contributed by atoms with van der Waals surface area (Å²) in [5.74, 6) is -0.0331. The molecule has 1 aromatic carbocycles. The van der Waals surface area contributed by atoms with Gasteiger partial charge in [0.2, 0.25) is 11.8 Å². The Morgan fingerprint density at radius 2 is 2.30 bits per heavy atom. The van der Waals surface area contributed by atoms with Crippen LogP contribution >= 0.6 is 11.8 Å². The molecule has 0 aliphatic heterocycles. The van der Waals surface area contributed by atoms with Gasteiger partial charge in [0, 0.05) is 5.56 Å². The van der Waals surface area contributed by atoms with Gasteiger partial charge in [-0.15, -0.1) is 10.2 Å². The van der Waals surface area contributed by atoms with E-state index in [-0.39, 0.29) is 0 Å². The number of primary amides is 1. The molecule has 0 saturated carbocycles. The van der Waals surface area contributed by atoms with E-state index >= 15 is 0 Å². The molecule has 0 bridgehead atoms. The van der Waals surface area contributed by atoms with Gasteiger partial charge in [0.05, 0.1) is 22.6 Å². The summed E-state index contributed by atoms with van der Waals surface area (Å²) in [6.07, 6.45) is 1.62. The fourth-order valence-corrected chi connectivity index (χ4v) is 2.29. The smallest absolute Gasteiger partial charge is 0.277 e. The molecule has 0 aliphatic carbocycles. The number of thioether (sulfide) groups is 1. The van der Waals surface area contributed by atoms with Crippen molar-refractivity contribution in [1.29, 1.82) is 0 Å². The lowest BCUT2D eigenvalue weighted by molar-refractivity contribution is -0.117. The number of amides is 1. The molecule has 2 aromatic heterocycles. The van der Waals surface area contributed by atoms with E-state index in [0.29, 0.717) is 11.1 Å². The number of benzene rings is 1. The second kappa shape index (κ2) is 4.97. The standard InChI is InChI=1S/C12H11N5O2S/c1-6(10(13)18)20-12-17-16-11(19-12)7-2-3-8-9(4-7)15-5-14-8/h2-6H,1H3,(H2,13,18)(H,14,15)/t6-/m0/s1. The van der Waals surface area contributed by atoms with E-state index < -0.39 is 11.2 Å². The lowest BCUT2D eigenvalue weighted by atomic mass is 10.2. The van der Waals surface area contributed by atoms with Crippen LogP contribution in [0.5, 0.6) is 0 Å². The number of hydrogen-bond acceptors (Lipinski definition) is 6. The van der Waals surface area contributed by atoms with Gasteiger partial charge in [0.1, 0.15) is 0 Å². The molecule has 7 nitrogen and oxygen atoms in total. The minimum atomic E-state index is -0.423. The second-order valence-electron chi connectivity index (χ2n) is 4.17. The minimum Gasteiger partial charge on any atom is -0.411 e. The summed E-state index contributed by atoms with van der Waals surface area (Å²) in [5.41, 5.74) is 7.73. The van der Waals surface area contributed by atoms with Gasteiger partial charge < -0.3 is 15.1 Å². The topological polar surface area (TPSA) is 111 Å². The molecular weight excluding hydrogens is 278 g/mol. The monoisotopic (exact) mass is 289 g/mol. The molecule has 3 aromatic rings. The Balaban J connectivity index is 1.87. The summed E-state index contributed by atoms with van der Waals surface area (Å²) in [6.45, 7) is 1.69. The van der Waals surface area contributed by atoms with Crippen molar-refractivity contribution < 1.29 is 9.21 Å². The maximum atomic E-state index is 11.0. The first kappa shape index (κ1) is 12.7. The number of H-pyrrole nitrogens is 1.